The molecule has 0 spiro atoms. The van der Waals surface area contributed by atoms with E-state index in [4.69, 9.17) is 4.74 Å². The summed E-state index contributed by atoms with van der Waals surface area (Å²) in [6.07, 6.45) is 2.56. The molecule has 0 unspecified atom stereocenters. The number of amides is 2. The smallest absolute Gasteiger partial charge is 0.254 e. The molecule has 1 saturated heterocycles. The van der Waals surface area contributed by atoms with Crippen molar-refractivity contribution in [1.82, 2.24) is 4.90 Å². The van der Waals surface area contributed by atoms with E-state index >= 15 is 0 Å². The zero-order chi connectivity index (χ0) is 21.4. The number of carbonyl (C=O) groups is 2. The van der Waals surface area contributed by atoms with Crippen molar-refractivity contribution < 1.29 is 14.3 Å². The standard InChI is InChI=1S/C26H26N2O3/c1-31-24-13-12-22(20-9-3-4-10-21(20)24)26(30)27-15-6-8-19(17-27)25(29)28-16-14-18-7-2-5-11-23(18)28/h2-5,7,9-13,19H,6,8,14-17H2,1H3/t19-/m0/s1. The van der Waals surface area contributed by atoms with Gasteiger partial charge in [0.15, 0.2) is 0 Å². The maximum absolute atomic E-state index is 13.5. The van der Waals surface area contributed by atoms with Gasteiger partial charge in [-0.05, 0) is 48.4 Å². The Morgan fingerprint density at radius 2 is 1.71 bits per heavy atom. The Morgan fingerprint density at radius 1 is 0.935 bits per heavy atom. The van der Waals surface area contributed by atoms with Crippen molar-refractivity contribution in [1.29, 1.82) is 0 Å². The van der Waals surface area contributed by atoms with Crippen LogP contribution in [-0.2, 0) is 11.2 Å². The van der Waals surface area contributed by atoms with Crippen LogP contribution in [0.3, 0.4) is 0 Å². The Kier molecular flexibility index (Phi) is 5.10. The third kappa shape index (κ3) is 3.44. The maximum atomic E-state index is 13.5. The van der Waals surface area contributed by atoms with Gasteiger partial charge in [-0.2, -0.15) is 0 Å². The quantitative estimate of drug-likeness (QED) is 0.642. The predicted molar refractivity (Wildman–Crippen MR) is 122 cm³/mol. The number of rotatable bonds is 3. The molecule has 0 saturated carbocycles. The first kappa shape index (κ1) is 19.6. The van der Waals surface area contributed by atoms with Crippen LogP contribution in [0, 0.1) is 5.92 Å². The van der Waals surface area contributed by atoms with E-state index in [2.05, 4.69) is 6.07 Å². The number of para-hydroxylation sites is 1. The van der Waals surface area contributed by atoms with Crippen LogP contribution in [0.25, 0.3) is 10.8 Å². The zero-order valence-electron chi connectivity index (χ0n) is 17.7. The second kappa shape index (κ2) is 8.06. The van der Waals surface area contributed by atoms with Crippen molar-refractivity contribution in [2.75, 3.05) is 31.6 Å². The second-order valence-electron chi connectivity index (χ2n) is 8.32. The van der Waals surface area contributed by atoms with Gasteiger partial charge in [0.25, 0.3) is 5.91 Å². The van der Waals surface area contributed by atoms with Crippen molar-refractivity contribution in [3.63, 3.8) is 0 Å². The summed E-state index contributed by atoms with van der Waals surface area (Å²) in [7, 11) is 1.64. The molecule has 3 aromatic rings. The molecule has 2 heterocycles. The third-order valence-corrected chi connectivity index (χ3v) is 6.55. The second-order valence-corrected chi connectivity index (χ2v) is 8.32. The molecule has 5 heteroatoms. The van der Waals surface area contributed by atoms with Gasteiger partial charge in [-0.25, -0.2) is 0 Å². The van der Waals surface area contributed by atoms with Crippen molar-refractivity contribution in [2.45, 2.75) is 19.3 Å². The fraction of sp³-hybridized carbons (Fsp3) is 0.308. The van der Waals surface area contributed by atoms with Crippen LogP contribution >= 0.6 is 0 Å². The van der Waals surface area contributed by atoms with Crippen molar-refractivity contribution in [3.05, 3.63) is 71.8 Å². The van der Waals surface area contributed by atoms with Gasteiger partial charge in [-0.1, -0.05) is 42.5 Å². The van der Waals surface area contributed by atoms with Crippen LogP contribution in [0.4, 0.5) is 5.69 Å². The van der Waals surface area contributed by atoms with E-state index in [1.165, 1.54) is 5.56 Å². The van der Waals surface area contributed by atoms with Gasteiger partial charge in [-0.15, -0.1) is 0 Å². The maximum Gasteiger partial charge on any atom is 0.254 e. The normalized spacial score (nSPS) is 18.2. The minimum absolute atomic E-state index is 0.0156. The molecule has 3 aromatic carbocycles. The van der Waals surface area contributed by atoms with E-state index < -0.39 is 0 Å². The molecule has 5 nitrogen and oxygen atoms in total. The van der Waals surface area contributed by atoms with Crippen molar-refractivity contribution >= 4 is 28.3 Å². The molecular weight excluding hydrogens is 388 g/mol. The average Bonchev–Trinajstić information content (AvgIpc) is 3.26. The van der Waals surface area contributed by atoms with Gasteiger partial charge < -0.3 is 14.5 Å². The number of likely N-dealkylation sites (tertiary alicyclic amines) is 1. The summed E-state index contributed by atoms with van der Waals surface area (Å²) < 4.78 is 5.47. The summed E-state index contributed by atoms with van der Waals surface area (Å²) in [5.41, 5.74) is 2.91. The molecule has 0 aromatic heterocycles. The lowest BCUT2D eigenvalue weighted by atomic mass is 9.95. The number of hydrogen-bond acceptors (Lipinski definition) is 3. The number of fused-ring (bicyclic) bond motifs is 2. The fourth-order valence-electron chi connectivity index (χ4n) is 4.96. The highest BCUT2D eigenvalue weighted by Crippen LogP contribution is 2.32. The topological polar surface area (TPSA) is 49.9 Å². The SMILES string of the molecule is COc1ccc(C(=O)N2CCC[C@H](C(=O)N3CCc4ccccc43)C2)c2ccccc12. The Balaban J connectivity index is 1.38. The van der Waals surface area contributed by atoms with Crippen molar-refractivity contribution in [2.24, 2.45) is 5.92 Å². The molecule has 2 amide bonds. The minimum Gasteiger partial charge on any atom is -0.496 e. The number of benzene rings is 3. The van der Waals surface area contributed by atoms with E-state index in [-0.39, 0.29) is 17.7 Å². The summed E-state index contributed by atoms with van der Waals surface area (Å²) in [5, 5.41) is 1.81. The first-order chi connectivity index (χ1) is 15.2. The van der Waals surface area contributed by atoms with Crippen LogP contribution < -0.4 is 9.64 Å². The summed E-state index contributed by atoms with van der Waals surface area (Å²) >= 11 is 0. The molecule has 0 N–H and O–H groups in total. The zero-order valence-corrected chi connectivity index (χ0v) is 17.7. The van der Waals surface area contributed by atoms with Crippen LogP contribution in [0.5, 0.6) is 5.75 Å². The molecule has 1 atom stereocenters. The predicted octanol–water partition coefficient (Wildman–Crippen LogP) is 4.29. The molecule has 0 aliphatic carbocycles. The van der Waals surface area contributed by atoms with E-state index in [1.807, 2.05) is 64.4 Å². The first-order valence-corrected chi connectivity index (χ1v) is 10.9. The van der Waals surface area contributed by atoms with Crippen molar-refractivity contribution in [3.8, 4) is 5.75 Å². The van der Waals surface area contributed by atoms with E-state index in [1.54, 1.807) is 7.11 Å². The molecule has 0 bridgehead atoms. The highest BCUT2D eigenvalue weighted by molar-refractivity contribution is 6.09. The fourth-order valence-corrected chi connectivity index (χ4v) is 4.96. The van der Waals surface area contributed by atoms with Crippen LogP contribution in [0.1, 0.15) is 28.8 Å². The van der Waals surface area contributed by atoms with E-state index in [0.717, 1.165) is 48.0 Å². The van der Waals surface area contributed by atoms with Crippen LogP contribution in [-0.4, -0.2) is 43.5 Å². The Labute approximate surface area is 182 Å². The highest BCUT2D eigenvalue weighted by Gasteiger charge is 2.34. The number of anilines is 1. The van der Waals surface area contributed by atoms with Crippen LogP contribution in [0.15, 0.2) is 60.7 Å². The molecule has 2 aliphatic rings. The third-order valence-electron chi connectivity index (χ3n) is 6.55. The van der Waals surface area contributed by atoms with Gasteiger partial charge in [0.2, 0.25) is 5.91 Å². The first-order valence-electron chi connectivity index (χ1n) is 10.9. The Morgan fingerprint density at radius 3 is 2.55 bits per heavy atom. The highest BCUT2D eigenvalue weighted by atomic mass is 16.5. The Hall–Kier alpha value is -3.34. The monoisotopic (exact) mass is 414 g/mol. The minimum atomic E-state index is -0.159. The summed E-state index contributed by atoms with van der Waals surface area (Å²) in [6, 6.07) is 19.6. The Bertz CT molecular complexity index is 1160. The van der Waals surface area contributed by atoms with Gasteiger partial charge >= 0.3 is 0 Å². The molecule has 1 fully saturated rings. The number of carbonyl (C=O) groups excluding carboxylic acids is 2. The number of hydrogen-bond donors (Lipinski definition) is 0. The number of ether oxygens (including phenoxy) is 1. The average molecular weight is 415 g/mol. The van der Waals surface area contributed by atoms with Gasteiger partial charge in [0, 0.05) is 36.3 Å². The van der Waals surface area contributed by atoms with E-state index in [0.29, 0.717) is 18.7 Å². The molecule has 31 heavy (non-hydrogen) atoms. The lowest BCUT2D eigenvalue weighted by Crippen LogP contribution is -2.46. The molecule has 0 radical (unpaired) electrons. The lowest BCUT2D eigenvalue weighted by Gasteiger charge is -2.34. The molecule has 158 valence electrons. The largest absolute Gasteiger partial charge is 0.496 e. The van der Waals surface area contributed by atoms with Gasteiger partial charge in [0.05, 0.1) is 13.0 Å². The summed E-state index contributed by atoms with van der Waals surface area (Å²) in [5.74, 6) is 0.722. The van der Waals surface area contributed by atoms with Gasteiger partial charge in [0.1, 0.15) is 5.75 Å². The lowest BCUT2D eigenvalue weighted by molar-refractivity contribution is -0.123. The summed E-state index contributed by atoms with van der Waals surface area (Å²) in [6.45, 7) is 1.88. The number of piperidine rings is 1. The van der Waals surface area contributed by atoms with E-state index in [9.17, 15) is 9.59 Å². The molecule has 2 aliphatic heterocycles. The van der Waals surface area contributed by atoms with Gasteiger partial charge in [-0.3, -0.25) is 9.59 Å². The molecule has 5 rings (SSSR count). The molecular formula is C26H26N2O3. The number of nitrogens with zero attached hydrogens (tertiary/aromatic N) is 2. The summed E-state index contributed by atoms with van der Waals surface area (Å²) in [4.78, 5) is 30.6. The van der Waals surface area contributed by atoms with Crippen LogP contribution in [0.2, 0.25) is 0 Å². The number of methoxy groups -OCH3 is 1.